The SMILES string of the molecule is CC/C=C\C/C=C\C/C=C\C/C=C\C/C=C\CCCCCCCC(=O)OC(/C=C\CCCCCCC)CCCCCCC(=O)NC(CCCN)C(=O)O. The summed E-state index contributed by atoms with van der Waals surface area (Å²) in [5.41, 5.74) is 5.48. The van der Waals surface area contributed by atoms with Crippen molar-refractivity contribution in [2.24, 2.45) is 5.73 Å². The normalized spacial score (nSPS) is 13.4. The molecule has 7 heteroatoms. The third kappa shape index (κ3) is 36.9. The van der Waals surface area contributed by atoms with Crippen LogP contribution in [0.1, 0.15) is 181 Å². The Kier molecular flexibility index (Phi) is 37.6. The van der Waals surface area contributed by atoms with E-state index in [0.717, 1.165) is 96.3 Å². The van der Waals surface area contributed by atoms with Crippen molar-refractivity contribution in [1.29, 1.82) is 0 Å². The first-order chi connectivity index (χ1) is 25.9. The number of amides is 1. The van der Waals surface area contributed by atoms with E-state index in [0.29, 0.717) is 38.6 Å². The van der Waals surface area contributed by atoms with Crippen molar-refractivity contribution in [3.63, 3.8) is 0 Å². The van der Waals surface area contributed by atoms with Crippen LogP contribution in [0.5, 0.6) is 0 Å². The molecule has 0 aromatic rings. The number of carbonyl (C=O) groups is 3. The van der Waals surface area contributed by atoms with Crippen LogP contribution in [0.4, 0.5) is 0 Å². The van der Waals surface area contributed by atoms with Gasteiger partial charge in [-0.05, 0) is 109 Å². The average molecular weight is 739 g/mol. The molecule has 0 aromatic carbocycles. The lowest BCUT2D eigenvalue weighted by atomic mass is 10.1. The summed E-state index contributed by atoms with van der Waals surface area (Å²) in [5.74, 6) is -1.36. The second-order valence-corrected chi connectivity index (χ2v) is 14.0. The van der Waals surface area contributed by atoms with Crippen LogP contribution in [-0.4, -0.2) is 41.6 Å². The zero-order chi connectivity index (χ0) is 38.9. The number of allylic oxidation sites excluding steroid dienone is 11. The lowest BCUT2D eigenvalue weighted by Gasteiger charge is -2.15. The molecule has 4 N–H and O–H groups in total. The number of carboxylic acid groups (broad SMARTS) is 1. The Balaban J connectivity index is 4.24. The predicted octanol–water partition coefficient (Wildman–Crippen LogP) is 11.9. The van der Waals surface area contributed by atoms with Gasteiger partial charge >= 0.3 is 11.9 Å². The molecule has 0 aromatic heterocycles. The van der Waals surface area contributed by atoms with Crippen molar-refractivity contribution >= 4 is 17.8 Å². The van der Waals surface area contributed by atoms with Crippen molar-refractivity contribution in [2.75, 3.05) is 6.54 Å². The van der Waals surface area contributed by atoms with Crippen LogP contribution in [0.15, 0.2) is 72.9 Å². The molecule has 0 fully saturated rings. The van der Waals surface area contributed by atoms with Gasteiger partial charge in [0.2, 0.25) is 5.91 Å². The van der Waals surface area contributed by atoms with Crippen LogP contribution in [0.3, 0.4) is 0 Å². The zero-order valence-corrected chi connectivity index (χ0v) is 33.8. The highest BCUT2D eigenvalue weighted by atomic mass is 16.5. The van der Waals surface area contributed by atoms with Crippen molar-refractivity contribution in [3.05, 3.63) is 72.9 Å². The van der Waals surface area contributed by atoms with Gasteiger partial charge in [-0.25, -0.2) is 4.79 Å². The molecular weight excluding hydrogens is 661 g/mol. The van der Waals surface area contributed by atoms with E-state index >= 15 is 0 Å². The minimum atomic E-state index is -1.02. The lowest BCUT2D eigenvalue weighted by Crippen LogP contribution is -2.40. The Bertz CT molecular complexity index is 1060. The number of hydrogen-bond donors (Lipinski definition) is 3. The highest BCUT2D eigenvalue weighted by Crippen LogP contribution is 2.15. The topological polar surface area (TPSA) is 119 Å². The van der Waals surface area contributed by atoms with Crippen molar-refractivity contribution in [2.45, 2.75) is 193 Å². The monoisotopic (exact) mass is 739 g/mol. The molecule has 0 radical (unpaired) electrons. The highest BCUT2D eigenvalue weighted by Gasteiger charge is 2.19. The maximum absolute atomic E-state index is 12.7. The Morgan fingerprint density at radius 3 is 1.68 bits per heavy atom. The number of carbonyl (C=O) groups excluding carboxylic acids is 2. The summed E-state index contributed by atoms with van der Waals surface area (Å²) < 4.78 is 5.91. The Morgan fingerprint density at radius 1 is 0.585 bits per heavy atom. The summed E-state index contributed by atoms with van der Waals surface area (Å²) in [7, 11) is 0. The van der Waals surface area contributed by atoms with Gasteiger partial charge in [0.05, 0.1) is 0 Å². The van der Waals surface area contributed by atoms with Crippen molar-refractivity contribution in [1.82, 2.24) is 5.32 Å². The van der Waals surface area contributed by atoms with Crippen LogP contribution >= 0.6 is 0 Å². The molecule has 2 atom stereocenters. The molecule has 0 bridgehead atoms. The smallest absolute Gasteiger partial charge is 0.326 e. The van der Waals surface area contributed by atoms with Crippen LogP contribution in [-0.2, 0) is 19.1 Å². The van der Waals surface area contributed by atoms with Crippen LogP contribution in [0, 0.1) is 0 Å². The van der Waals surface area contributed by atoms with E-state index in [1.54, 1.807) is 0 Å². The van der Waals surface area contributed by atoms with E-state index in [2.05, 4.69) is 92.1 Å². The number of rotatable bonds is 37. The van der Waals surface area contributed by atoms with E-state index in [1.165, 1.54) is 38.5 Å². The number of nitrogens with one attached hydrogen (secondary N) is 1. The van der Waals surface area contributed by atoms with Crippen LogP contribution in [0.25, 0.3) is 0 Å². The molecule has 7 nitrogen and oxygen atoms in total. The number of aliphatic carboxylic acids is 1. The van der Waals surface area contributed by atoms with E-state index in [4.69, 9.17) is 10.5 Å². The molecule has 0 spiro atoms. The predicted molar refractivity (Wildman–Crippen MR) is 225 cm³/mol. The molecule has 0 rings (SSSR count). The molecule has 0 aliphatic rings. The quantitative estimate of drug-likeness (QED) is 0.0332. The third-order valence-corrected chi connectivity index (χ3v) is 8.99. The number of carboxylic acids is 1. The summed E-state index contributed by atoms with van der Waals surface area (Å²) >= 11 is 0. The molecule has 1 amide bonds. The molecule has 0 aliphatic heterocycles. The molecule has 0 saturated carbocycles. The first-order valence-electron chi connectivity index (χ1n) is 21.3. The molecule has 2 unspecified atom stereocenters. The summed E-state index contributed by atoms with van der Waals surface area (Å²) in [6.07, 6.45) is 51.1. The summed E-state index contributed by atoms with van der Waals surface area (Å²) in [6.45, 7) is 4.78. The summed E-state index contributed by atoms with van der Waals surface area (Å²) in [4.78, 5) is 36.3. The van der Waals surface area contributed by atoms with Crippen molar-refractivity contribution in [3.8, 4) is 0 Å². The van der Waals surface area contributed by atoms with Gasteiger partial charge in [0.1, 0.15) is 12.1 Å². The first kappa shape index (κ1) is 49.8. The van der Waals surface area contributed by atoms with Gasteiger partial charge in [0.15, 0.2) is 0 Å². The van der Waals surface area contributed by atoms with E-state index in [-0.39, 0.29) is 18.0 Å². The van der Waals surface area contributed by atoms with Crippen molar-refractivity contribution < 1.29 is 24.2 Å². The van der Waals surface area contributed by atoms with Gasteiger partial charge < -0.3 is 20.9 Å². The van der Waals surface area contributed by atoms with E-state index in [1.807, 2.05) is 0 Å². The van der Waals surface area contributed by atoms with Gasteiger partial charge in [-0.15, -0.1) is 0 Å². The van der Waals surface area contributed by atoms with Gasteiger partial charge in [-0.2, -0.15) is 0 Å². The average Bonchev–Trinajstić information content (AvgIpc) is 3.14. The highest BCUT2D eigenvalue weighted by molar-refractivity contribution is 5.83. The zero-order valence-electron chi connectivity index (χ0n) is 33.8. The fraction of sp³-hybridized carbons (Fsp3) is 0.674. The summed E-state index contributed by atoms with van der Waals surface area (Å²) in [6, 6.07) is -0.875. The molecule has 302 valence electrons. The van der Waals surface area contributed by atoms with Gasteiger partial charge in [0.25, 0.3) is 0 Å². The lowest BCUT2D eigenvalue weighted by molar-refractivity contribution is -0.147. The van der Waals surface area contributed by atoms with E-state index < -0.39 is 12.0 Å². The van der Waals surface area contributed by atoms with Gasteiger partial charge in [0, 0.05) is 12.8 Å². The Hall–Kier alpha value is -3.19. The van der Waals surface area contributed by atoms with Crippen LogP contribution in [0.2, 0.25) is 0 Å². The number of hydrogen-bond acceptors (Lipinski definition) is 5. The molecule has 53 heavy (non-hydrogen) atoms. The fourth-order valence-electron chi connectivity index (χ4n) is 5.80. The second-order valence-electron chi connectivity index (χ2n) is 14.0. The van der Waals surface area contributed by atoms with E-state index in [9.17, 15) is 19.5 Å². The number of unbranched alkanes of at least 4 members (excludes halogenated alkanes) is 13. The van der Waals surface area contributed by atoms with Gasteiger partial charge in [-0.1, -0.05) is 138 Å². The summed E-state index contributed by atoms with van der Waals surface area (Å²) in [5, 5.41) is 11.9. The Labute approximate surface area is 324 Å². The van der Waals surface area contributed by atoms with Gasteiger partial charge in [-0.3, -0.25) is 9.59 Å². The number of esters is 1. The minimum absolute atomic E-state index is 0.110. The first-order valence-corrected chi connectivity index (χ1v) is 21.3. The fourth-order valence-corrected chi connectivity index (χ4v) is 5.80. The Morgan fingerprint density at radius 2 is 1.09 bits per heavy atom. The largest absolute Gasteiger partial charge is 0.480 e. The molecular formula is C46H78N2O5. The molecule has 0 aliphatic carbocycles. The second kappa shape index (κ2) is 40.0. The third-order valence-electron chi connectivity index (χ3n) is 8.99. The molecule has 0 heterocycles. The molecule has 0 saturated heterocycles. The maximum atomic E-state index is 12.7. The minimum Gasteiger partial charge on any atom is -0.480 e. The standard InChI is InChI=1S/C46H78N2O5/c1-3-5-7-9-11-12-13-14-15-16-17-18-19-20-21-22-23-24-26-28-34-40-45(50)53-42(36-31-27-25-10-8-6-4-2)37-32-29-30-33-39-44(49)48-43(46(51)52)38-35-41-47/h5,7,11-12,14-15,17-18,20-21,31,36,42-43H,3-4,6,8-10,13,16,19,22-30,32-35,37-41,47H2,1-2H3,(H,48,49)(H,51,52)/b7-5-,12-11-,15-14-,18-17-,21-20-,36-31-. The number of ether oxygens (including phenoxy) is 1. The van der Waals surface area contributed by atoms with Crippen LogP contribution < -0.4 is 11.1 Å². The maximum Gasteiger partial charge on any atom is 0.326 e. The number of nitrogens with two attached hydrogens (primary N) is 1.